The lowest BCUT2D eigenvalue weighted by atomic mass is 10.1. The van der Waals surface area contributed by atoms with Gasteiger partial charge in [0.1, 0.15) is 13.2 Å². The quantitative estimate of drug-likeness (QED) is 0.0261. The number of allylic oxidation sites excluding steroid dienone is 26. The molecule has 0 aromatic carbocycles. The van der Waals surface area contributed by atoms with E-state index in [0.717, 1.165) is 141 Å². The Morgan fingerprint density at radius 3 is 0.838 bits per heavy atom. The first-order chi connectivity index (χ1) is 39.5. The second-order valence-corrected chi connectivity index (χ2v) is 20.9. The molecule has 0 radical (unpaired) electrons. The van der Waals surface area contributed by atoms with Crippen LogP contribution < -0.4 is 0 Å². The normalized spacial score (nSPS) is 13.2. The SMILES string of the molecule is CC/C=C\C/C=C\C/C=C\C/C=C\C/C=C\C/C=C\C/C=C\C/C=C\C/C=C\C/C=C\CCCCC(=O)OCC(COC(=O)CCCCCCC/C=C\CCCC)OC(=O)CCCCCCCCC/C=C\C/C=C\CCCCCC. The van der Waals surface area contributed by atoms with Crippen molar-refractivity contribution in [1.82, 2.24) is 0 Å². The summed E-state index contributed by atoms with van der Waals surface area (Å²) in [5, 5.41) is 0. The Morgan fingerprint density at radius 1 is 0.263 bits per heavy atom. The summed E-state index contributed by atoms with van der Waals surface area (Å²) in [5.74, 6) is -0.971. The van der Waals surface area contributed by atoms with Gasteiger partial charge in [-0.2, -0.15) is 0 Å². The maximum atomic E-state index is 12.9. The molecule has 80 heavy (non-hydrogen) atoms. The van der Waals surface area contributed by atoms with E-state index in [4.69, 9.17) is 14.2 Å². The Hall–Kier alpha value is -4.97. The summed E-state index contributed by atoms with van der Waals surface area (Å²) in [5.41, 5.74) is 0. The highest BCUT2D eigenvalue weighted by Crippen LogP contribution is 2.14. The second-order valence-electron chi connectivity index (χ2n) is 20.9. The molecule has 0 amide bonds. The molecule has 0 aliphatic rings. The molecule has 0 saturated heterocycles. The van der Waals surface area contributed by atoms with Crippen molar-refractivity contribution in [1.29, 1.82) is 0 Å². The Morgan fingerprint density at radius 2 is 0.500 bits per heavy atom. The summed E-state index contributed by atoms with van der Waals surface area (Å²) in [4.78, 5) is 38.2. The predicted octanol–water partition coefficient (Wildman–Crippen LogP) is 22.5. The minimum atomic E-state index is -0.811. The zero-order chi connectivity index (χ0) is 57.8. The molecular weight excluding hydrogens is 985 g/mol. The first-order valence-corrected chi connectivity index (χ1v) is 32.5. The van der Waals surface area contributed by atoms with Gasteiger partial charge in [0.2, 0.25) is 0 Å². The van der Waals surface area contributed by atoms with Gasteiger partial charge >= 0.3 is 17.9 Å². The van der Waals surface area contributed by atoms with E-state index in [1.165, 1.54) is 83.5 Å². The van der Waals surface area contributed by atoms with E-state index < -0.39 is 6.10 Å². The van der Waals surface area contributed by atoms with E-state index in [-0.39, 0.29) is 31.1 Å². The Kier molecular flexibility index (Phi) is 62.4. The van der Waals surface area contributed by atoms with Crippen molar-refractivity contribution < 1.29 is 28.6 Å². The fourth-order valence-electron chi connectivity index (χ4n) is 8.36. The predicted molar refractivity (Wildman–Crippen MR) is 348 cm³/mol. The van der Waals surface area contributed by atoms with E-state index in [1.54, 1.807) is 0 Å². The lowest BCUT2D eigenvalue weighted by Crippen LogP contribution is -2.30. The summed E-state index contributed by atoms with van der Waals surface area (Å²) < 4.78 is 16.8. The highest BCUT2D eigenvalue weighted by Gasteiger charge is 2.19. The zero-order valence-corrected chi connectivity index (χ0v) is 51.5. The van der Waals surface area contributed by atoms with E-state index in [1.807, 2.05) is 0 Å². The molecule has 0 fully saturated rings. The lowest BCUT2D eigenvalue weighted by Gasteiger charge is -2.18. The van der Waals surface area contributed by atoms with Crippen LogP contribution in [0.1, 0.15) is 271 Å². The van der Waals surface area contributed by atoms with Crippen molar-refractivity contribution in [3.05, 3.63) is 158 Å². The highest BCUT2D eigenvalue weighted by atomic mass is 16.6. The molecule has 0 rings (SSSR count). The smallest absolute Gasteiger partial charge is 0.306 e. The largest absolute Gasteiger partial charge is 0.462 e. The minimum Gasteiger partial charge on any atom is -0.462 e. The van der Waals surface area contributed by atoms with E-state index in [0.29, 0.717) is 25.7 Å². The standard InChI is InChI=1S/C74H118O6/c1-4-7-10-13-16-19-22-24-26-28-30-31-32-33-34-35-36-37-38-39-40-41-42-43-44-46-47-49-52-55-58-61-64-67-73(76)79-70-71(69-78-72(75)66-63-60-57-54-51-21-18-15-12-9-6-3)80-74(77)68-65-62-59-56-53-50-48-45-29-27-25-23-20-17-14-11-8-5-2/h7,10,15-16,18-20,23-24,26-27,29-31,33-34,36-37,39-40,42-43,46-47,52,55,71H,4-6,8-9,11-14,17,21-22,25,28,32,35,38,41,44-45,48-51,53-54,56-70H2,1-3H3/b10-7-,18-15-,19-16-,23-20-,26-24-,29-27-,31-30-,34-33-,37-36-,40-39-,43-42-,47-46-,55-52-. The summed E-state index contributed by atoms with van der Waals surface area (Å²) in [6, 6.07) is 0. The van der Waals surface area contributed by atoms with E-state index in [9.17, 15) is 14.4 Å². The molecule has 0 N–H and O–H groups in total. The van der Waals surface area contributed by atoms with Crippen molar-refractivity contribution in [3.63, 3.8) is 0 Å². The van der Waals surface area contributed by atoms with Gasteiger partial charge in [-0.15, -0.1) is 0 Å². The van der Waals surface area contributed by atoms with Crippen LogP contribution >= 0.6 is 0 Å². The Balaban J connectivity index is 4.38. The van der Waals surface area contributed by atoms with Gasteiger partial charge in [-0.05, 0) is 148 Å². The third-order valence-electron chi connectivity index (χ3n) is 13.2. The number of carbonyl (C=O) groups is 3. The fraction of sp³-hybridized carbons (Fsp3) is 0.608. The van der Waals surface area contributed by atoms with Crippen LogP contribution in [0.25, 0.3) is 0 Å². The topological polar surface area (TPSA) is 78.9 Å². The fourth-order valence-corrected chi connectivity index (χ4v) is 8.36. The van der Waals surface area contributed by atoms with Crippen LogP contribution in [-0.2, 0) is 28.6 Å². The van der Waals surface area contributed by atoms with Crippen LogP contribution in [0.2, 0.25) is 0 Å². The highest BCUT2D eigenvalue weighted by molar-refractivity contribution is 5.71. The molecule has 450 valence electrons. The molecule has 0 saturated carbocycles. The monoisotopic (exact) mass is 1100 g/mol. The molecule has 0 aliphatic carbocycles. The van der Waals surface area contributed by atoms with Crippen molar-refractivity contribution in [3.8, 4) is 0 Å². The summed E-state index contributed by atoms with van der Waals surface area (Å²) in [6.07, 6.45) is 96.8. The number of ether oxygens (including phenoxy) is 3. The molecule has 0 aliphatic heterocycles. The maximum Gasteiger partial charge on any atom is 0.306 e. The average Bonchev–Trinajstić information content (AvgIpc) is 3.46. The zero-order valence-electron chi connectivity index (χ0n) is 51.5. The average molecular weight is 1100 g/mol. The minimum absolute atomic E-state index is 0.105. The molecule has 1 atom stereocenters. The third kappa shape index (κ3) is 63.9. The molecule has 0 aromatic heterocycles. The second kappa shape index (κ2) is 66.5. The Bertz CT molecular complexity index is 1790. The van der Waals surface area contributed by atoms with Gasteiger partial charge in [0.05, 0.1) is 0 Å². The van der Waals surface area contributed by atoms with Crippen LogP contribution in [0.5, 0.6) is 0 Å². The van der Waals surface area contributed by atoms with Crippen LogP contribution in [-0.4, -0.2) is 37.2 Å². The van der Waals surface area contributed by atoms with Crippen molar-refractivity contribution >= 4 is 17.9 Å². The number of esters is 3. The molecular formula is C74H118O6. The number of hydrogen-bond donors (Lipinski definition) is 0. The molecule has 0 spiro atoms. The van der Waals surface area contributed by atoms with Gasteiger partial charge in [0.25, 0.3) is 0 Å². The van der Waals surface area contributed by atoms with E-state index in [2.05, 4.69) is 179 Å². The van der Waals surface area contributed by atoms with Crippen LogP contribution in [0.15, 0.2) is 158 Å². The summed E-state index contributed by atoms with van der Waals surface area (Å²) in [6.45, 7) is 6.42. The number of carbonyl (C=O) groups excluding carboxylic acids is 3. The first-order valence-electron chi connectivity index (χ1n) is 32.5. The molecule has 0 aromatic rings. The van der Waals surface area contributed by atoms with Crippen LogP contribution in [0, 0.1) is 0 Å². The molecule has 6 heteroatoms. The van der Waals surface area contributed by atoms with Crippen molar-refractivity contribution in [2.45, 2.75) is 277 Å². The molecule has 0 heterocycles. The Labute approximate surface area is 492 Å². The molecule has 6 nitrogen and oxygen atoms in total. The summed E-state index contributed by atoms with van der Waals surface area (Å²) >= 11 is 0. The van der Waals surface area contributed by atoms with Crippen molar-refractivity contribution in [2.75, 3.05) is 13.2 Å². The number of rotatable bonds is 57. The summed E-state index contributed by atoms with van der Waals surface area (Å²) in [7, 11) is 0. The van der Waals surface area contributed by atoms with Gasteiger partial charge in [0, 0.05) is 19.3 Å². The number of hydrogen-bond acceptors (Lipinski definition) is 6. The molecule has 0 bridgehead atoms. The van der Waals surface area contributed by atoms with Crippen molar-refractivity contribution in [2.24, 2.45) is 0 Å². The third-order valence-corrected chi connectivity index (χ3v) is 13.2. The number of unbranched alkanes of at least 4 members (excludes halogenated alkanes) is 20. The lowest BCUT2D eigenvalue weighted by molar-refractivity contribution is -0.167. The van der Waals surface area contributed by atoms with Gasteiger partial charge in [-0.3, -0.25) is 14.4 Å². The van der Waals surface area contributed by atoms with Gasteiger partial charge in [-0.1, -0.05) is 262 Å². The first kappa shape index (κ1) is 75.0. The van der Waals surface area contributed by atoms with Gasteiger partial charge < -0.3 is 14.2 Å². The van der Waals surface area contributed by atoms with E-state index >= 15 is 0 Å². The maximum absolute atomic E-state index is 12.9. The van der Waals surface area contributed by atoms with Gasteiger partial charge in [-0.25, -0.2) is 0 Å². The van der Waals surface area contributed by atoms with Crippen LogP contribution in [0.3, 0.4) is 0 Å². The molecule has 1 unspecified atom stereocenters. The van der Waals surface area contributed by atoms with Gasteiger partial charge in [0.15, 0.2) is 6.10 Å². The van der Waals surface area contributed by atoms with Crippen LogP contribution in [0.4, 0.5) is 0 Å².